The van der Waals surface area contributed by atoms with E-state index in [9.17, 15) is 4.79 Å². The van der Waals surface area contributed by atoms with Gasteiger partial charge in [-0.25, -0.2) is 9.97 Å². The van der Waals surface area contributed by atoms with Gasteiger partial charge in [-0.05, 0) is 13.8 Å². The van der Waals surface area contributed by atoms with E-state index in [1.807, 2.05) is 12.3 Å². The van der Waals surface area contributed by atoms with Crippen molar-refractivity contribution < 1.29 is 9.21 Å². The van der Waals surface area contributed by atoms with Crippen molar-refractivity contribution in [1.82, 2.24) is 9.97 Å². The standard InChI is InChI=1S/C10H12N4O2S/c1-5(11)7-3-17-10(13-7)14-9(15)8-6(2)12-4-16-8/h3-5H,11H2,1-2H3,(H,13,14,15). The van der Waals surface area contributed by atoms with Gasteiger partial charge in [-0.2, -0.15) is 0 Å². The predicted molar refractivity (Wildman–Crippen MR) is 63.9 cm³/mol. The number of hydrogen-bond acceptors (Lipinski definition) is 6. The van der Waals surface area contributed by atoms with Crippen LogP contribution in [0.3, 0.4) is 0 Å². The molecule has 1 atom stereocenters. The molecule has 0 spiro atoms. The highest BCUT2D eigenvalue weighted by atomic mass is 32.1. The highest BCUT2D eigenvalue weighted by molar-refractivity contribution is 7.14. The number of nitrogens with two attached hydrogens (primary N) is 1. The number of thiazole rings is 1. The van der Waals surface area contributed by atoms with E-state index < -0.39 is 0 Å². The quantitative estimate of drug-likeness (QED) is 0.867. The number of hydrogen-bond donors (Lipinski definition) is 2. The van der Waals surface area contributed by atoms with Crippen LogP contribution in [0, 0.1) is 6.92 Å². The summed E-state index contributed by atoms with van der Waals surface area (Å²) < 4.78 is 4.98. The molecule has 90 valence electrons. The van der Waals surface area contributed by atoms with Crippen molar-refractivity contribution in [2.75, 3.05) is 5.32 Å². The molecule has 17 heavy (non-hydrogen) atoms. The molecule has 0 aliphatic heterocycles. The molecule has 2 aromatic rings. The molecule has 0 saturated heterocycles. The Morgan fingerprint density at radius 2 is 2.41 bits per heavy atom. The SMILES string of the molecule is Cc1ncoc1C(=O)Nc1nc(C(C)N)cs1. The lowest BCUT2D eigenvalue weighted by Crippen LogP contribution is -2.12. The van der Waals surface area contributed by atoms with Crippen molar-refractivity contribution in [3.63, 3.8) is 0 Å². The van der Waals surface area contributed by atoms with Crippen LogP contribution in [-0.4, -0.2) is 15.9 Å². The monoisotopic (exact) mass is 252 g/mol. The summed E-state index contributed by atoms with van der Waals surface area (Å²) in [6.07, 6.45) is 1.24. The summed E-state index contributed by atoms with van der Waals surface area (Å²) in [5.74, 6) is -0.159. The molecular weight excluding hydrogens is 240 g/mol. The summed E-state index contributed by atoms with van der Waals surface area (Å²) in [6, 6.07) is -0.149. The third-order valence-corrected chi connectivity index (χ3v) is 2.94. The number of amides is 1. The summed E-state index contributed by atoms with van der Waals surface area (Å²) in [5, 5.41) is 4.95. The Hall–Kier alpha value is -1.73. The zero-order valence-electron chi connectivity index (χ0n) is 9.43. The van der Waals surface area contributed by atoms with Gasteiger partial charge in [0.25, 0.3) is 5.91 Å². The van der Waals surface area contributed by atoms with E-state index in [4.69, 9.17) is 10.2 Å². The van der Waals surface area contributed by atoms with Crippen LogP contribution < -0.4 is 11.1 Å². The predicted octanol–water partition coefficient (Wildman–Crippen LogP) is 1.71. The van der Waals surface area contributed by atoms with E-state index in [1.54, 1.807) is 6.92 Å². The van der Waals surface area contributed by atoms with Gasteiger partial charge in [0.05, 0.1) is 11.4 Å². The van der Waals surface area contributed by atoms with Gasteiger partial charge < -0.3 is 10.2 Å². The van der Waals surface area contributed by atoms with Crippen molar-refractivity contribution in [3.05, 3.63) is 28.9 Å². The van der Waals surface area contributed by atoms with Gasteiger partial charge in [0.15, 0.2) is 11.5 Å². The van der Waals surface area contributed by atoms with Crippen LogP contribution in [0.1, 0.15) is 34.9 Å². The number of anilines is 1. The molecule has 0 bridgehead atoms. The minimum absolute atomic E-state index is 0.149. The minimum Gasteiger partial charge on any atom is -0.438 e. The lowest BCUT2D eigenvalue weighted by molar-refractivity contribution is 0.0996. The zero-order chi connectivity index (χ0) is 12.4. The molecule has 2 heterocycles. The van der Waals surface area contributed by atoms with Gasteiger partial charge in [-0.1, -0.05) is 0 Å². The van der Waals surface area contributed by atoms with Crippen molar-refractivity contribution in [1.29, 1.82) is 0 Å². The minimum atomic E-state index is -0.356. The largest absolute Gasteiger partial charge is 0.438 e. The zero-order valence-corrected chi connectivity index (χ0v) is 10.2. The number of oxazole rings is 1. The molecule has 0 fully saturated rings. The molecular formula is C10H12N4O2S. The summed E-state index contributed by atoms with van der Waals surface area (Å²) in [5.41, 5.74) is 6.98. The number of aromatic nitrogens is 2. The first-order chi connectivity index (χ1) is 8.08. The lowest BCUT2D eigenvalue weighted by atomic mass is 10.3. The Balaban J connectivity index is 2.11. The fraction of sp³-hybridized carbons (Fsp3) is 0.300. The second-order valence-corrected chi connectivity index (χ2v) is 4.45. The smallest absolute Gasteiger partial charge is 0.295 e. The number of aryl methyl sites for hydroxylation is 1. The highest BCUT2D eigenvalue weighted by Gasteiger charge is 2.16. The summed E-state index contributed by atoms with van der Waals surface area (Å²) in [4.78, 5) is 19.8. The number of nitrogens with zero attached hydrogens (tertiary/aromatic N) is 2. The van der Waals surface area contributed by atoms with Crippen LogP contribution in [0.2, 0.25) is 0 Å². The molecule has 0 saturated carbocycles. The normalized spacial score (nSPS) is 12.4. The van der Waals surface area contributed by atoms with Crippen molar-refractivity contribution in [2.45, 2.75) is 19.9 Å². The van der Waals surface area contributed by atoms with Crippen molar-refractivity contribution in [3.8, 4) is 0 Å². The Labute approximate surface area is 102 Å². The molecule has 1 unspecified atom stereocenters. The Morgan fingerprint density at radius 1 is 1.65 bits per heavy atom. The van der Waals surface area contributed by atoms with Gasteiger partial charge in [-0.3, -0.25) is 10.1 Å². The average molecular weight is 252 g/mol. The second kappa shape index (κ2) is 4.64. The van der Waals surface area contributed by atoms with Crippen LogP contribution in [-0.2, 0) is 0 Å². The van der Waals surface area contributed by atoms with Crippen LogP contribution in [0.15, 0.2) is 16.2 Å². The second-order valence-electron chi connectivity index (χ2n) is 3.59. The fourth-order valence-corrected chi connectivity index (χ4v) is 2.04. The molecule has 2 aromatic heterocycles. The number of nitrogens with one attached hydrogen (secondary N) is 1. The first-order valence-corrected chi connectivity index (χ1v) is 5.88. The first kappa shape index (κ1) is 11.7. The molecule has 2 rings (SSSR count). The van der Waals surface area contributed by atoms with Crippen LogP contribution in [0.4, 0.5) is 5.13 Å². The van der Waals surface area contributed by atoms with Gasteiger partial charge >= 0.3 is 0 Å². The van der Waals surface area contributed by atoms with Gasteiger partial charge in [-0.15, -0.1) is 11.3 Å². The topological polar surface area (TPSA) is 94.0 Å². The van der Waals surface area contributed by atoms with Gasteiger partial charge in [0.1, 0.15) is 0 Å². The fourth-order valence-electron chi connectivity index (χ4n) is 1.23. The third-order valence-electron chi connectivity index (χ3n) is 2.16. The molecule has 6 nitrogen and oxygen atoms in total. The van der Waals surface area contributed by atoms with E-state index in [2.05, 4.69) is 15.3 Å². The maximum Gasteiger partial charge on any atom is 0.295 e. The number of carbonyl (C=O) groups excluding carboxylic acids is 1. The van der Waals surface area contributed by atoms with Crippen LogP contribution >= 0.6 is 11.3 Å². The third kappa shape index (κ3) is 2.51. The van der Waals surface area contributed by atoms with E-state index in [1.165, 1.54) is 17.7 Å². The van der Waals surface area contributed by atoms with Crippen molar-refractivity contribution in [2.24, 2.45) is 5.73 Å². The Kier molecular flexibility index (Phi) is 3.21. The molecule has 0 radical (unpaired) electrons. The first-order valence-electron chi connectivity index (χ1n) is 5.00. The molecule has 0 aliphatic carbocycles. The van der Waals surface area contributed by atoms with Crippen LogP contribution in [0.25, 0.3) is 0 Å². The van der Waals surface area contributed by atoms with Crippen molar-refractivity contribution >= 4 is 22.4 Å². The van der Waals surface area contributed by atoms with E-state index in [0.717, 1.165) is 5.69 Å². The highest BCUT2D eigenvalue weighted by Crippen LogP contribution is 2.20. The Morgan fingerprint density at radius 3 is 2.94 bits per heavy atom. The molecule has 7 heteroatoms. The van der Waals surface area contributed by atoms with Crippen LogP contribution in [0.5, 0.6) is 0 Å². The molecule has 0 aromatic carbocycles. The summed E-state index contributed by atoms with van der Waals surface area (Å²) in [7, 11) is 0. The van der Waals surface area contributed by atoms with E-state index >= 15 is 0 Å². The van der Waals surface area contributed by atoms with E-state index in [0.29, 0.717) is 10.8 Å². The summed E-state index contributed by atoms with van der Waals surface area (Å²) in [6.45, 7) is 3.54. The maximum atomic E-state index is 11.8. The molecule has 3 N–H and O–H groups in total. The maximum absolute atomic E-state index is 11.8. The Bertz CT molecular complexity index is 532. The molecule has 1 amide bonds. The van der Waals surface area contributed by atoms with Gasteiger partial charge in [0.2, 0.25) is 5.76 Å². The van der Waals surface area contributed by atoms with Gasteiger partial charge in [0, 0.05) is 11.4 Å². The van der Waals surface area contributed by atoms with E-state index in [-0.39, 0.29) is 17.7 Å². The number of rotatable bonds is 3. The average Bonchev–Trinajstić information content (AvgIpc) is 2.86. The lowest BCUT2D eigenvalue weighted by Gasteiger charge is -1.99. The molecule has 0 aliphatic rings. The number of carbonyl (C=O) groups is 1. The summed E-state index contributed by atoms with van der Waals surface area (Å²) >= 11 is 1.32.